The van der Waals surface area contributed by atoms with Gasteiger partial charge in [-0.15, -0.1) is 0 Å². The molecule has 0 aromatic carbocycles. The molecule has 0 aromatic rings. The van der Waals surface area contributed by atoms with Gasteiger partial charge in [0.05, 0.1) is 0 Å². The fourth-order valence-electron chi connectivity index (χ4n) is 5.30. The van der Waals surface area contributed by atoms with E-state index in [1.165, 1.54) is 167 Å². The van der Waals surface area contributed by atoms with Crippen LogP contribution < -0.4 is 0 Å². The summed E-state index contributed by atoms with van der Waals surface area (Å²) in [5.41, 5.74) is 0. The van der Waals surface area contributed by atoms with Crippen molar-refractivity contribution in [3.05, 3.63) is 0 Å². The Bertz CT molecular complexity index is 494. The van der Waals surface area contributed by atoms with E-state index >= 15 is 0 Å². The van der Waals surface area contributed by atoms with Crippen LogP contribution in [0.4, 0.5) is 0 Å². The molecule has 0 aliphatic heterocycles. The first-order valence-electron chi connectivity index (χ1n) is 21.0. The highest BCUT2D eigenvalue weighted by atomic mass is 16.4. The van der Waals surface area contributed by atoms with Gasteiger partial charge in [-0.05, 0) is 33.6 Å². The Hall–Kier alpha value is -1.18. The van der Waals surface area contributed by atoms with Crippen LogP contribution in [0.1, 0.15) is 240 Å². The van der Waals surface area contributed by atoms with E-state index in [1.54, 1.807) is 20.8 Å². The molecule has 0 aliphatic rings. The number of hydrogen-bond acceptors (Lipinski definition) is 5. The standard InChI is InChI=1S/2C18H36O2.3C2H6O/c2*1-2-3-4-5-6-7-8-9-10-11-12-13-14-15-16-17-18(19)20;3*1-2-3/h2*2-17H2,1H3,(H,19,20);3*3H,2H2,1H3. The van der Waals surface area contributed by atoms with E-state index in [4.69, 9.17) is 25.5 Å². The number of carbonyl (C=O) groups is 2. The Morgan fingerprint density at radius 2 is 0.408 bits per heavy atom. The van der Waals surface area contributed by atoms with Gasteiger partial charge in [0.15, 0.2) is 0 Å². The summed E-state index contributed by atoms with van der Waals surface area (Å²) in [6.07, 6.45) is 40.4. The van der Waals surface area contributed by atoms with Crippen LogP contribution in [0.3, 0.4) is 0 Å². The second-order valence-corrected chi connectivity index (χ2v) is 13.1. The summed E-state index contributed by atoms with van der Waals surface area (Å²) in [6.45, 7) is 10.3. The van der Waals surface area contributed by atoms with Gasteiger partial charge in [-0.2, -0.15) is 0 Å². The number of carboxylic acid groups (broad SMARTS) is 2. The zero-order valence-corrected chi connectivity index (χ0v) is 33.8. The zero-order valence-electron chi connectivity index (χ0n) is 33.8. The number of aliphatic hydroxyl groups is 3. The highest BCUT2D eigenvalue weighted by Gasteiger charge is 1.98. The summed E-state index contributed by atoms with van der Waals surface area (Å²) in [7, 11) is 0. The van der Waals surface area contributed by atoms with E-state index in [9.17, 15) is 9.59 Å². The summed E-state index contributed by atoms with van der Waals surface area (Å²) >= 11 is 0. The van der Waals surface area contributed by atoms with Crippen molar-refractivity contribution in [1.82, 2.24) is 0 Å². The van der Waals surface area contributed by atoms with E-state index in [1.807, 2.05) is 0 Å². The van der Waals surface area contributed by atoms with E-state index in [0.717, 1.165) is 25.7 Å². The average Bonchev–Trinajstić information content (AvgIpc) is 3.06. The first kappa shape index (κ1) is 57.2. The molecule has 0 unspecified atom stereocenters. The zero-order chi connectivity index (χ0) is 37.9. The van der Waals surface area contributed by atoms with E-state index in [-0.39, 0.29) is 19.8 Å². The van der Waals surface area contributed by atoms with Gasteiger partial charge in [0.25, 0.3) is 0 Å². The molecule has 0 amide bonds. The SMILES string of the molecule is CCCCCCCCCCCCCCCCCC(=O)O.CCCCCCCCCCCCCCCCCC(=O)O.CCO.CCO.CCO. The van der Waals surface area contributed by atoms with Gasteiger partial charge in [-0.3, -0.25) is 9.59 Å². The van der Waals surface area contributed by atoms with Crippen LogP contribution in [0.2, 0.25) is 0 Å². The topological polar surface area (TPSA) is 135 Å². The molecule has 7 nitrogen and oxygen atoms in total. The molecule has 0 saturated carbocycles. The van der Waals surface area contributed by atoms with Gasteiger partial charge in [0.1, 0.15) is 0 Å². The predicted octanol–water partition coefficient (Wildman–Crippen LogP) is 12.7. The third-order valence-electron chi connectivity index (χ3n) is 7.99. The molecule has 0 aliphatic carbocycles. The van der Waals surface area contributed by atoms with Crippen molar-refractivity contribution in [2.45, 2.75) is 240 Å². The summed E-state index contributed by atoms with van der Waals surface area (Å²) < 4.78 is 0. The van der Waals surface area contributed by atoms with Gasteiger partial charge in [0.2, 0.25) is 0 Å². The third kappa shape index (κ3) is 87.3. The minimum atomic E-state index is -0.653. The quantitative estimate of drug-likeness (QED) is 0.0439. The minimum absolute atomic E-state index is 0.250. The first-order valence-corrected chi connectivity index (χ1v) is 21.0. The van der Waals surface area contributed by atoms with Gasteiger partial charge in [-0.25, -0.2) is 0 Å². The van der Waals surface area contributed by atoms with Crippen molar-refractivity contribution < 1.29 is 35.1 Å². The van der Waals surface area contributed by atoms with Crippen LogP contribution >= 0.6 is 0 Å². The fraction of sp³-hybridized carbons (Fsp3) is 0.952. The van der Waals surface area contributed by atoms with Crippen LogP contribution in [0.15, 0.2) is 0 Å². The Labute approximate surface area is 306 Å². The lowest BCUT2D eigenvalue weighted by molar-refractivity contribution is -0.138. The Morgan fingerprint density at radius 1 is 0.286 bits per heavy atom. The second kappa shape index (κ2) is 62.0. The summed E-state index contributed by atoms with van der Waals surface area (Å²) in [6, 6.07) is 0. The van der Waals surface area contributed by atoms with Crippen LogP contribution in [0.5, 0.6) is 0 Å². The van der Waals surface area contributed by atoms with Crippen molar-refractivity contribution in [3.8, 4) is 0 Å². The summed E-state index contributed by atoms with van der Waals surface area (Å²) in [5.74, 6) is -1.31. The van der Waals surface area contributed by atoms with Crippen LogP contribution in [0.25, 0.3) is 0 Å². The first-order chi connectivity index (χ1) is 23.8. The predicted molar refractivity (Wildman–Crippen MR) is 213 cm³/mol. The Morgan fingerprint density at radius 3 is 0.531 bits per heavy atom. The molecule has 0 bridgehead atoms. The lowest BCUT2D eigenvalue weighted by atomic mass is 10.0. The number of aliphatic carboxylic acids is 2. The molecule has 0 aromatic heterocycles. The lowest BCUT2D eigenvalue weighted by Crippen LogP contribution is -1.93. The minimum Gasteiger partial charge on any atom is -0.481 e. The Kier molecular flexibility index (Phi) is 72.3. The van der Waals surface area contributed by atoms with E-state index < -0.39 is 11.9 Å². The molecule has 300 valence electrons. The van der Waals surface area contributed by atoms with Crippen molar-refractivity contribution in [3.63, 3.8) is 0 Å². The molecule has 49 heavy (non-hydrogen) atoms. The van der Waals surface area contributed by atoms with Crippen LogP contribution in [0, 0.1) is 0 Å². The fourth-order valence-corrected chi connectivity index (χ4v) is 5.30. The van der Waals surface area contributed by atoms with Crippen LogP contribution in [-0.2, 0) is 9.59 Å². The third-order valence-corrected chi connectivity index (χ3v) is 7.99. The number of hydrogen-bond donors (Lipinski definition) is 5. The maximum Gasteiger partial charge on any atom is 0.303 e. The van der Waals surface area contributed by atoms with Crippen molar-refractivity contribution in [2.75, 3.05) is 19.8 Å². The molecule has 0 rings (SSSR count). The van der Waals surface area contributed by atoms with E-state index in [2.05, 4.69) is 13.8 Å². The number of carboxylic acids is 2. The normalized spacial score (nSPS) is 9.96. The highest BCUT2D eigenvalue weighted by molar-refractivity contribution is 5.66. The molecular weight excluding hydrogens is 616 g/mol. The van der Waals surface area contributed by atoms with Crippen molar-refractivity contribution in [1.29, 1.82) is 0 Å². The Balaban J connectivity index is -0.000000211. The molecule has 0 fully saturated rings. The molecular formula is C42H90O7. The summed E-state index contributed by atoms with van der Waals surface area (Å²) in [5, 5.41) is 39.7. The monoisotopic (exact) mass is 707 g/mol. The van der Waals surface area contributed by atoms with Gasteiger partial charge < -0.3 is 25.5 Å². The smallest absolute Gasteiger partial charge is 0.303 e. The maximum atomic E-state index is 10.3. The maximum absolute atomic E-state index is 10.3. The number of rotatable bonds is 32. The van der Waals surface area contributed by atoms with Gasteiger partial charge >= 0.3 is 11.9 Å². The molecule has 0 atom stereocenters. The average molecular weight is 707 g/mol. The number of unbranched alkanes of at least 4 members (excludes halogenated alkanes) is 28. The molecule has 7 heteroatoms. The lowest BCUT2D eigenvalue weighted by Gasteiger charge is -2.03. The number of aliphatic hydroxyl groups excluding tert-OH is 3. The summed E-state index contributed by atoms with van der Waals surface area (Å²) in [4.78, 5) is 20.7. The molecule has 0 radical (unpaired) electrons. The van der Waals surface area contributed by atoms with Crippen molar-refractivity contribution >= 4 is 11.9 Å². The second-order valence-electron chi connectivity index (χ2n) is 13.1. The largest absolute Gasteiger partial charge is 0.481 e. The van der Waals surface area contributed by atoms with Crippen LogP contribution in [-0.4, -0.2) is 57.3 Å². The highest BCUT2D eigenvalue weighted by Crippen LogP contribution is 2.15. The molecule has 0 spiro atoms. The van der Waals surface area contributed by atoms with Gasteiger partial charge in [0, 0.05) is 32.7 Å². The van der Waals surface area contributed by atoms with Gasteiger partial charge in [-0.1, -0.05) is 194 Å². The van der Waals surface area contributed by atoms with E-state index in [0.29, 0.717) is 12.8 Å². The molecule has 5 N–H and O–H groups in total. The van der Waals surface area contributed by atoms with Crippen molar-refractivity contribution in [2.24, 2.45) is 0 Å². The molecule has 0 saturated heterocycles. The molecule has 0 heterocycles.